The highest BCUT2D eigenvalue weighted by atomic mass is 16.5. The van der Waals surface area contributed by atoms with E-state index in [1.54, 1.807) is 18.9 Å². The van der Waals surface area contributed by atoms with Crippen molar-refractivity contribution in [3.63, 3.8) is 0 Å². The second-order valence-corrected chi connectivity index (χ2v) is 14.3. The van der Waals surface area contributed by atoms with Crippen LogP contribution in [0.25, 0.3) is 22.1 Å². The van der Waals surface area contributed by atoms with Crippen LogP contribution in [-0.4, -0.2) is 71.9 Å². The van der Waals surface area contributed by atoms with Gasteiger partial charge >= 0.3 is 0 Å². The van der Waals surface area contributed by atoms with Gasteiger partial charge in [-0.3, -0.25) is 9.36 Å². The Kier molecular flexibility index (Phi) is 13.7. The van der Waals surface area contributed by atoms with Gasteiger partial charge in [-0.1, -0.05) is 70.2 Å². The van der Waals surface area contributed by atoms with Gasteiger partial charge in [0.1, 0.15) is 22.5 Å². The molecule has 1 saturated carbocycles. The number of aromatic nitrogens is 8. The fourth-order valence-electron chi connectivity index (χ4n) is 6.72. The summed E-state index contributed by atoms with van der Waals surface area (Å²) in [5, 5.41) is 25.2. The third-order valence-corrected chi connectivity index (χ3v) is 10.1. The summed E-state index contributed by atoms with van der Waals surface area (Å²) in [5.74, 6) is 4.37. The summed E-state index contributed by atoms with van der Waals surface area (Å²) in [5.41, 5.74) is 18.8. The van der Waals surface area contributed by atoms with Gasteiger partial charge in [0.05, 0.1) is 46.3 Å². The van der Waals surface area contributed by atoms with Crippen molar-refractivity contribution in [1.82, 2.24) is 39.5 Å². The second kappa shape index (κ2) is 19.2. The summed E-state index contributed by atoms with van der Waals surface area (Å²) in [6.07, 6.45) is 14.7. The van der Waals surface area contributed by atoms with Gasteiger partial charge in [0, 0.05) is 24.2 Å². The van der Waals surface area contributed by atoms with Crippen LogP contribution in [0, 0.1) is 5.92 Å². The van der Waals surface area contributed by atoms with Gasteiger partial charge < -0.3 is 36.7 Å². The number of fused-ring (bicyclic) bond motifs is 2. The van der Waals surface area contributed by atoms with E-state index in [2.05, 4.69) is 67.7 Å². The zero-order chi connectivity index (χ0) is 39.4. The van der Waals surface area contributed by atoms with E-state index in [1.807, 2.05) is 35.3 Å². The number of rotatable bonds is 18. The van der Waals surface area contributed by atoms with Crippen LogP contribution in [0.5, 0.6) is 11.5 Å². The Morgan fingerprint density at radius 2 is 1.23 bits per heavy atom. The third-order valence-electron chi connectivity index (χ3n) is 10.1. The van der Waals surface area contributed by atoms with E-state index in [4.69, 9.17) is 26.0 Å². The zero-order valence-electron chi connectivity index (χ0n) is 33.1. The van der Waals surface area contributed by atoms with Gasteiger partial charge in [0.2, 0.25) is 11.9 Å². The van der Waals surface area contributed by atoms with Gasteiger partial charge in [-0.15, -0.1) is 0 Å². The van der Waals surface area contributed by atoms with Crippen LogP contribution in [0.3, 0.4) is 0 Å². The van der Waals surface area contributed by atoms with E-state index in [1.165, 1.54) is 31.2 Å². The zero-order valence-corrected chi connectivity index (χ0v) is 33.1. The average molecular weight is 765 g/mol. The van der Waals surface area contributed by atoms with Gasteiger partial charge in [0.25, 0.3) is 0 Å². The maximum Gasteiger partial charge on any atom is 0.222 e. The number of hydrogen-bond acceptors (Lipinski definition) is 13. The molecule has 4 aromatic heterocycles. The molecule has 15 nitrogen and oxygen atoms in total. The number of nitrogens with zero attached hydrogens (tertiary/aromatic N) is 8. The first-order valence-corrected chi connectivity index (χ1v) is 19.7. The first-order chi connectivity index (χ1) is 27.3. The molecule has 0 bridgehead atoms. The Morgan fingerprint density at radius 1 is 0.732 bits per heavy atom. The minimum atomic E-state index is -0.0239. The van der Waals surface area contributed by atoms with Gasteiger partial charge in [-0.2, -0.15) is 20.2 Å². The van der Waals surface area contributed by atoms with E-state index >= 15 is 0 Å². The highest BCUT2D eigenvalue weighted by molar-refractivity contribution is 5.86. The lowest BCUT2D eigenvalue weighted by Gasteiger charge is -2.25. The fraction of sp³-hybridized carbons (Fsp3) is 0.463. The minimum Gasteiger partial charge on any atom is -0.496 e. The molecule has 1 aliphatic rings. The van der Waals surface area contributed by atoms with E-state index in [0.717, 1.165) is 84.6 Å². The molecule has 298 valence electrons. The monoisotopic (exact) mass is 764 g/mol. The molecule has 0 atom stereocenters. The number of aliphatic hydroxyl groups excluding tert-OH is 1. The molecule has 56 heavy (non-hydrogen) atoms. The Balaban J connectivity index is 0.000000192. The van der Waals surface area contributed by atoms with E-state index in [-0.39, 0.29) is 18.5 Å². The highest BCUT2D eigenvalue weighted by Gasteiger charge is 2.18. The molecule has 0 amide bonds. The molecule has 4 heterocycles. The normalized spacial score (nSPS) is 12.7. The summed E-state index contributed by atoms with van der Waals surface area (Å²) < 4.78 is 14.8. The van der Waals surface area contributed by atoms with Crippen molar-refractivity contribution < 1.29 is 14.6 Å². The summed E-state index contributed by atoms with van der Waals surface area (Å²) in [6.45, 7) is 7.04. The molecule has 7 rings (SSSR count). The predicted octanol–water partition coefficient (Wildman–Crippen LogP) is 6.58. The van der Waals surface area contributed by atoms with Crippen LogP contribution in [0.15, 0.2) is 48.8 Å². The average Bonchev–Trinajstić information content (AvgIpc) is 3.78. The number of benzene rings is 2. The van der Waals surface area contributed by atoms with Crippen molar-refractivity contribution in [2.75, 3.05) is 49.4 Å². The summed E-state index contributed by atoms with van der Waals surface area (Å²) in [4.78, 5) is 17.2. The van der Waals surface area contributed by atoms with Crippen LogP contribution in [0.2, 0.25) is 0 Å². The quantitative estimate of drug-likeness (QED) is 0.0588. The number of anilines is 4. The molecule has 0 spiro atoms. The smallest absolute Gasteiger partial charge is 0.222 e. The lowest BCUT2D eigenvalue weighted by molar-refractivity contribution is 0.281. The molecule has 0 aliphatic heterocycles. The first kappa shape index (κ1) is 40.0. The third kappa shape index (κ3) is 10.1. The van der Waals surface area contributed by atoms with E-state index in [9.17, 15) is 5.11 Å². The number of ether oxygens (including phenoxy) is 2. The number of nitrogens with two attached hydrogens (primary N) is 2. The molecule has 1 aliphatic carbocycles. The van der Waals surface area contributed by atoms with Crippen molar-refractivity contribution in [2.24, 2.45) is 5.92 Å². The molecule has 0 radical (unpaired) electrons. The van der Waals surface area contributed by atoms with E-state index < -0.39 is 0 Å². The van der Waals surface area contributed by atoms with Crippen molar-refractivity contribution in [3.05, 3.63) is 71.0 Å². The van der Waals surface area contributed by atoms with Crippen LogP contribution in [-0.2, 0) is 26.1 Å². The van der Waals surface area contributed by atoms with Crippen LogP contribution in [0.4, 0.5) is 23.5 Å². The summed E-state index contributed by atoms with van der Waals surface area (Å²) in [7, 11) is 3.34. The number of hydrogen-bond donors (Lipinski definition) is 5. The molecule has 2 aromatic carbocycles. The van der Waals surface area contributed by atoms with Crippen LogP contribution in [0.1, 0.15) is 87.5 Å². The number of aryl methyl sites for hydroxylation is 1. The molecular formula is C41H56N12O3. The fourth-order valence-corrected chi connectivity index (χ4v) is 6.72. The van der Waals surface area contributed by atoms with Crippen molar-refractivity contribution in [3.8, 4) is 11.5 Å². The topological polar surface area (TPSA) is 202 Å². The van der Waals surface area contributed by atoms with Gasteiger partial charge in [-0.05, 0) is 54.9 Å². The summed E-state index contributed by atoms with van der Waals surface area (Å²) in [6, 6.07) is 12.2. The minimum absolute atomic E-state index is 0.0239. The Bertz CT molecular complexity index is 2200. The molecule has 1 fully saturated rings. The molecular weight excluding hydrogens is 709 g/mol. The Hall–Kier alpha value is -5.70. The standard InChI is InChI=1S/C23H32N6O.C18H24N6O2/c1-3-4-12-25-22-21-19(26-23(24)27-22)15-29(28-21)14-18-11-10-17(13-20(18)30-2)9-8-16-6-5-7-16;1-3-4-7-20-17-16-14(21-18(19)22-17)10-24(23-16)9-13-6-5-12(11-25)8-15(13)26-2/h10-11,13,15-16H,3-9,12,14H2,1-2H3,(H3,24,25,26,27);5-6,8,10,25H,3-4,7,9,11H2,1-2H3,(H3,19,20,21,22). The molecule has 15 heteroatoms. The Labute approximate surface area is 328 Å². The maximum atomic E-state index is 9.27. The highest BCUT2D eigenvalue weighted by Crippen LogP contribution is 2.32. The predicted molar refractivity (Wildman–Crippen MR) is 222 cm³/mol. The molecule has 0 unspecified atom stereocenters. The first-order valence-electron chi connectivity index (χ1n) is 19.7. The molecule has 6 aromatic rings. The second-order valence-electron chi connectivity index (χ2n) is 14.3. The Morgan fingerprint density at radius 3 is 1.68 bits per heavy atom. The number of methoxy groups -OCH3 is 2. The number of unbranched alkanes of at least 4 members (excludes halogenated alkanes) is 2. The number of nitrogens with one attached hydrogen (secondary N) is 2. The van der Waals surface area contributed by atoms with Crippen molar-refractivity contribution in [2.45, 2.75) is 91.3 Å². The largest absolute Gasteiger partial charge is 0.496 e. The lowest BCUT2D eigenvalue weighted by Crippen LogP contribution is -2.11. The van der Waals surface area contributed by atoms with Crippen LogP contribution >= 0.6 is 0 Å². The van der Waals surface area contributed by atoms with Crippen molar-refractivity contribution in [1.29, 1.82) is 0 Å². The van der Waals surface area contributed by atoms with Crippen LogP contribution < -0.4 is 31.6 Å². The SMILES string of the molecule is CCCCNc1nc(N)nc2cn(Cc3ccc(CCC4CCC4)cc3OC)nc12.CCCCNc1nc(N)nc2cn(Cc3ccc(CO)cc3OC)nc12. The molecule has 0 saturated heterocycles. The van der Waals surface area contributed by atoms with E-state index in [0.29, 0.717) is 41.5 Å². The summed E-state index contributed by atoms with van der Waals surface area (Å²) >= 11 is 0. The van der Waals surface area contributed by atoms with Crippen molar-refractivity contribution >= 4 is 45.6 Å². The van der Waals surface area contributed by atoms with Gasteiger partial charge in [0.15, 0.2) is 22.7 Å². The number of nitrogen functional groups attached to an aromatic ring is 2. The maximum absolute atomic E-state index is 9.27. The van der Waals surface area contributed by atoms with Gasteiger partial charge in [-0.25, -0.2) is 9.97 Å². The lowest BCUT2D eigenvalue weighted by atomic mass is 9.81. The molecule has 7 N–H and O–H groups in total. The number of aliphatic hydroxyl groups is 1.